The first-order valence-corrected chi connectivity index (χ1v) is 9.07. The molecule has 0 saturated carbocycles. The van der Waals surface area contributed by atoms with Gasteiger partial charge in [0.1, 0.15) is 0 Å². The van der Waals surface area contributed by atoms with Crippen LogP contribution in [0.25, 0.3) is 10.6 Å². The van der Waals surface area contributed by atoms with E-state index in [4.69, 9.17) is 0 Å². The number of rotatable bonds is 7. The molecule has 0 spiro atoms. The number of nitrogens with one attached hydrogen (secondary N) is 2. The molecule has 5 nitrogen and oxygen atoms in total. The van der Waals surface area contributed by atoms with Gasteiger partial charge in [-0.25, -0.2) is 4.98 Å². The Morgan fingerprint density at radius 3 is 2.72 bits per heavy atom. The monoisotopic (exact) mass is 349 g/mol. The number of imidazole rings is 1. The Kier molecular flexibility index (Phi) is 4.72. The molecular weight excluding hydrogens is 330 g/mol. The van der Waals surface area contributed by atoms with Crippen LogP contribution in [0.3, 0.4) is 0 Å². The number of H-pyrrole nitrogens is 1. The van der Waals surface area contributed by atoms with E-state index in [1.807, 2.05) is 18.7 Å². The van der Waals surface area contributed by atoms with Crippen LogP contribution in [0.15, 0.2) is 66.7 Å². The highest BCUT2D eigenvalue weighted by molar-refractivity contribution is 7.13. The van der Waals surface area contributed by atoms with Gasteiger partial charge in [0.2, 0.25) is 0 Å². The van der Waals surface area contributed by atoms with Gasteiger partial charge < -0.3 is 9.88 Å². The molecule has 2 N–H and O–H groups in total. The fourth-order valence-electron chi connectivity index (χ4n) is 2.77. The fraction of sp³-hybridized carbons (Fsp3) is 0.158. The molecule has 4 rings (SSSR count). The molecule has 0 amide bonds. The number of aromatic nitrogens is 4. The summed E-state index contributed by atoms with van der Waals surface area (Å²) in [5.74, 6) is 0. The summed E-state index contributed by atoms with van der Waals surface area (Å²) < 4.78 is 2.07. The molecule has 1 aromatic carbocycles. The molecule has 6 heteroatoms. The highest BCUT2D eigenvalue weighted by atomic mass is 32.1. The van der Waals surface area contributed by atoms with E-state index in [9.17, 15) is 0 Å². The topological polar surface area (TPSA) is 58.5 Å². The van der Waals surface area contributed by atoms with Crippen LogP contribution in [0, 0.1) is 0 Å². The van der Waals surface area contributed by atoms with E-state index < -0.39 is 0 Å². The molecule has 126 valence electrons. The van der Waals surface area contributed by atoms with Crippen molar-refractivity contribution in [3.8, 4) is 10.6 Å². The Hall–Kier alpha value is -2.70. The van der Waals surface area contributed by atoms with Crippen LogP contribution in [-0.4, -0.2) is 19.7 Å². The summed E-state index contributed by atoms with van der Waals surface area (Å²) in [7, 11) is 0. The summed E-state index contributed by atoms with van der Waals surface area (Å²) in [5.41, 5.74) is 4.85. The molecule has 0 aliphatic heterocycles. The van der Waals surface area contributed by atoms with E-state index in [1.54, 1.807) is 17.5 Å². The average Bonchev–Trinajstić information content (AvgIpc) is 3.39. The molecule has 0 atom stereocenters. The number of hydrogen-bond acceptors (Lipinski definition) is 4. The lowest BCUT2D eigenvalue weighted by molar-refractivity contribution is 0.694. The second-order valence-corrected chi connectivity index (χ2v) is 6.85. The molecule has 3 aromatic heterocycles. The van der Waals surface area contributed by atoms with Gasteiger partial charge in [0.15, 0.2) is 0 Å². The predicted octanol–water partition coefficient (Wildman–Crippen LogP) is 3.67. The highest BCUT2D eigenvalue weighted by Gasteiger charge is 2.08. The van der Waals surface area contributed by atoms with Crippen molar-refractivity contribution in [2.75, 3.05) is 0 Å². The van der Waals surface area contributed by atoms with Crippen LogP contribution < -0.4 is 5.32 Å². The van der Waals surface area contributed by atoms with Crippen LogP contribution in [0.5, 0.6) is 0 Å². The SMILES string of the molecule is c1csc(-c2[nH]ncc2CNCc2ccc(Cn3ccnc3)cc2)c1. The van der Waals surface area contributed by atoms with Gasteiger partial charge in [-0.05, 0) is 22.6 Å². The number of hydrogen-bond donors (Lipinski definition) is 2. The summed E-state index contributed by atoms with van der Waals surface area (Å²) in [6.07, 6.45) is 7.52. The van der Waals surface area contributed by atoms with Gasteiger partial charge in [-0.2, -0.15) is 5.10 Å². The second-order valence-electron chi connectivity index (χ2n) is 5.90. The minimum absolute atomic E-state index is 0.792. The molecule has 0 bridgehead atoms. The van der Waals surface area contributed by atoms with Crippen LogP contribution in [0.1, 0.15) is 16.7 Å². The molecule has 0 unspecified atom stereocenters. The Bertz CT molecular complexity index is 892. The molecule has 25 heavy (non-hydrogen) atoms. The Labute approximate surface area is 150 Å². The minimum atomic E-state index is 0.792. The number of benzene rings is 1. The number of thiophene rings is 1. The third-order valence-corrected chi connectivity index (χ3v) is 4.96. The van der Waals surface area contributed by atoms with Crippen molar-refractivity contribution >= 4 is 11.3 Å². The standard InChI is InChI=1S/C19H19N5S/c1-2-18(25-9-1)19-17(12-22-23-19)11-21-10-15-3-5-16(6-4-15)13-24-8-7-20-14-24/h1-9,12,14,21H,10-11,13H2,(H,22,23). The van der Waals surface area contributed by atoms with E-state index in [-0.39, 0.29) is 0 Å². The molecule has 0 radical (unpaired) electrons. The first-order chi connectivity index (χ1) is 12.4. The number of nitrogens with zero attached hydrogens (tertiary/aromatic N) is 3. The van der Waals surface area contributed by atoms with Crippen molar-refractivity contribution in [2.24, 2.45) is 0 Å². The normalized spacial score (nSPS) is 11.0. The average molecular weight is 349 g/mol. The fourth-order valence-corrected chi connectivity index (χ4v) is 3.53. The van der Waals surface area contributed by atoms with Crippen molar-refractivity contribution in [1.29, 1.82) is 0 Å². The van der Waals surface area contributed by atoms with Crippen molar-refractivity contribution in [3.63, 3.8) is 0 Å². The highest BCUT2D eigenvalue weighted by Crippen LogP contribution is 2.25. The first kappa shape index (κ1) is 15.8. The van der Waals surface area contributed by atoms with Gasteiger partial charge >= 0.3 is 0 Å². The van der Waals surface area contributed by atoms with Crippen LogP contribution in [0.4, 0.5) is 0 Å². The third kappa shape index (κ3) is 3.87. The summed E-state index contributed by atoms with van der Waals surface area (Å²) in [6, 6.07) is 12.9. The Morgan fingerprint density at radius 2 is 1.96 bits per heavy atom. The molecular formula is C19H19N5S. The van der Waals surface area contributed by atoms with Crippen molar-refractivity contribution in [1.82, 2.24) is 25.1 Å². The predicted molar refractivity (Wildman–Crippen MR) is 100 cm³/mol. The maximum absolute atomic E-state index is 4.19. The van der Waals surface area contributed by atoms with E-state index >= 15 is 0 Å². The largest absolute Gasteiger partial charge is 0.333 e. The van der Waals surface area contributed by atoms with Crippen molar-refractivity contribution < 1.29 is 0 Å². The maximum Gasteiger partial charge on any atom is 0.0949 e. The van der Waals surface area contributed by atoms with E-state index in [0.717, 1.165) is 25.3 Å². The smallest absolute Gasteiger partial charge is 0.0949 e. The van der Waals surface area contributed by atoms with E-state index in [2.05, 4.69) is 66.8 Å². The van der Waals surface area contributed by atoms with E-state index in [1.165, 1.54) is 21.6 Å². The van der Waals surface area contributed by atoms with Gasteiger partial charge in [-0.1, -0.05) is 30.3 Å². The lowest BCUT2D eigenvalue weighted by Crippen LogP contribution is -2.12. The molecule has 0 saturated heterocycles. The van der Waals surface area contributed by atoms with Crippen molar-refractivity contribution in [3.05, 3.63) is 83.4 Å². The zero-order valence-corrected chi connectivity index (χ0v) is 14.5. The zero-order valence-electron chi connectivity index (χ0n) is 13.7. The molecule has 4 aromatic rings. The molecule has 3 heterocycles. The summed E-state index contributed by atoms with van der Waals surface area (Å²) >= 11 is 1.72. The third-order valence-electron chi connectivity index (χ3n) is 4.08. The van der Waals surface area contributed by atoms with Crippen molar-refractivity contribution in [2.45, 2.75) is 19.6 Å². The maximum atomic E-state index is 4.19. The second kappa shape index (κ2) is 7.46. The van der Waals surface area contributed by atoms with E-state index in [0.29, 0.717) is 0 Å². The first-order valence-electron chi connectivity index (χ1n) is 8.19. The van der Waals surface area contributed by atoms with Gasteiger partial charge in [0.05, 0.1) is 23.1 Å². The van der Waals surface area contributed by atoms with Crippen LogP contribution in [0.2, 0.25) is 0 Å². The molecule has 0 aliphatic rings. The lowest BCUT2D eigenvalue weighted by atomic mass is 10.1. The van der Waals surface area contributed by atoms with Crippen LogP contribution in [-0.2, 0) is 19.6 Å². The summed E-state index contributed by atoms with van der Waals surface area (Å²) in [6.45, 7) is 2.48. The Morgan fingerprint density at radius 1 is 1.08 bits per heavy atom. The summed E-state index contributed by atoms with van der Waals surface area (Å²) in [5, 5.41) is 12.9. The lowest BCUT2D eigenvalue weighted by Gasteiger charge is -2.07. The van der Waals surface area contributed by atoms with Gasteiger partial charge in [-0.3, -0.25) is 5.10 Å². The molecule has 0 fully saturated rings. The zero-order chi connectivity index (χ0) is 16.9. The summed E-state index contributed by atoms with van der Waals surface area (Å²) in [4.78, 5) is 5.29. The minimum Gasteiger partial charge on any atom is -0.333 e. The van der Waals surface area contributed by atoms with Gasteiger partial charge in [0.25, 0.3) is 0 Å². The quantitative estimate of drug-likeness (QED) is 0.535. The number of aromatic amines is 1. The molecule has 0 aliphatic carbocycles. The van der Waals surface area contributed by atoms with Crippen LogP contribution >= 0.6 is 11.3 Å². The van der Waals surface area contributed by atoms with Gasteiger partial charge in [-0.15, -0.1) is 11.3 Å². The van der Waals surface area contributed by atoms with Gasteiger partial charge in [0, 0.05) is 37.6 Å². The Balaban J connectivity index is 1.32.